The predicted molar refractivity (Wildman–Crippen MR) is 76.6 cm³/mol. The monoisotopic (exact) mass is 277 g/mol. The molecule has 108 valence electrons. The molecule has 0 saturated heterocycles. The second kappa shape index (κ2) is 6.25. The summed E-state index contributed by atoms with van der Waals surface area (Å²) in [5.74, 6) is 0.720. The Bertz CT molecular complexity index is 608. The molecule has 2 aromatic rings. The van der Waals surface area contributed by atoms with Gasteiger partial charge in [-0.25, -0.2) is 10.5 Å². The van der Waals surface area contributed by atoms with Crippen LogP contribution in [0.15, 0.2) is 18.2 Å². The Labute approximate surface area is 116 Å². The first-order valence-electron chi connectivity index (χ1n) is 6.60. The van der Waals surface area contributed by atoms with Crippen molar-refractivity contribution in [3.05, 3.63) is 23.9 Å². The zero-order chi connectivity index (χ0) is 14.5. The molecule has 20 heavy (non-hydrogen) atoms. The van der Waals surface area contributed by atoms with Crippen LogP contribution in [0.1, 0.15) is 25.5 Å². The number of aryl methyl sites for hydroxylation is 1. The molecule has 0 aliphatic heterocycles. The first-order chi connectivity index (χ1) is 9.67. The van der Waals surface area contributed by atoms with Crippen LogP contribution in [0.2, 0.25) is 0 Å². The quantitative estimate of drug-likeness (QED) is 0.469. The van der Waals surface area contributed by atoms with E-state index in [0.717, 1.165) is 30.6 Å². The zero-order valence-corrected chi connectivity index (χ0v) is 11.4. The Hall–Kier alpha value is -2.28. The van der Waals surface area contributed by atoms with Crippen LogP contribution in [0.25, 0.3) is 5.65 Å². The summed E-state index contributed by atoms with van der Waals surface area (Å²) >= 11 is 0. The summed E-state index contributed by atoms with van der Waals surface area (Å²) in [4.78, 5) is 15.6. The Morgan fingerprint density at radius 2 is 2.30 bits per heavy atom. The standard InChI is InChI=1S/C13H19N5O2/c1-2-3-5-9-13(15-8-12(19)17-20)16-11-7-4-6-10(14)18(9)11/h4,6-7,15,20H,2-3,5,8,14H2,1H3,(H,17,19). The van der Waals surface area contributed by atoms with Crippen LogP contribution in [-0.4, -0.2) is 27.0 Å². The molecule has 0 radical (unpaired) electrons. The summed E-state index contributed by atoms with van der Waals surface area (Å²) in [5, 5.41) is 11.5. The van der Waals surface area contributed by atoms with E-state index in [0.29, 0.717) is 11.6 Å². The molecule has 7 heteroatoms. The number of amides is 1. The van der Waals surface area contributed by atoms with Gasteiger partial charge in [0.05, 0.1) is 12.2 Å². The van der Waals surface area contributed by atoms with Crippen LogP contribution in [-0.2, 0) is 11.2 Å². The van der Waals surface area contributed by atoms with Gasteiger partial charge < -0.3 is 11.1 Å². The third-order valence-electron chi connectivity index (χ3n) is 3.08. The van der Waals surface area contributed by atoms with Gasteiger partial charge in [0.15, 0.2) is 0 Å². The van der Waals surface area contributed by atoms with E-state index in [-0.39, 0.29) is 6.54 Å². The van der Waals surface area contributed by atoms with Gasteiger partial charge in [-0.2, -0.15) is 0 Å². The second-order valence-corrected chi connectivity index (χ2v) is 4.54. The molecule has 0 unspecified atom stereocenters. The molecule has 2 heterocycles. The van der Waals surface area contributed by atoms with E-state index in [9.17, 15) is 4.79 Å². The highest BCUT2D eigenvalue weighted by molar-refractivity contribution is 5.79. The van der Waals surface area contributed by atoms with E-state index in [4.69, 9.17) is 10.9 Å². The van der Waals surface area contributed by atoms with Crippen LogP contribution < -0.4 is 16.5 Å². The maximum atomic E-state index is 11.1. The van der Waals surface area contributed by atoms with Gasteiger partial charge in [0.25, 0.3) is 5.91 Å². The number of hydrogen-bond donors (Lipinski definition) is 4. The first-order valence-corrected chi connectivity index (χ1v) is 6.60. The SMILES string of the molecule is CCCCc1c(NCC(=O)NO)nc2cccc(N)n12. The van der Waals surface area contributed by atoms with Crippen LogP contribution >= 0.6 is 0 Å². The van der Waals surface area contributed by atoms with Crippen molar-refractivity contribution in [2.24, 2.45) is 0 Å². The number of nitrogens with two attached hydrogens (primary N) is 1. The number of pyridine rings is 1. The molecule has 0 spiro atoms. The molecule has 7 nitrogen and oxygen atoms in total. The van der Waals surface area contributed by atoms with Crippen molar-refractivity contribution in [2.75, 3.05) is 17.6 Å². The van der Waals surface area contributed by atoms with Crippen molar-refractivity contribution < 1.29 is 10.0 Å². The molecular weight excluding hydrogens is 258 g/mol. The van der Waals surface area contributed by atoms with Crippen molar-refractivity contribution in [3.63, 3.8) is 0 Å². The lowest BCUT2D eigenvalue weighted by atomic mass is 10.2. The molecule has 5 N–H and O–H groups in total. The molecule has 0 aromatic carbocycles. The lowest BCUT2D eigenvalue weighted by molar-refractivity contribution is -0.127. The predicted octanol–water partition coefficient (Wildman–Crippen LogP) is 1.18. The van der Waals surface area contributed by atoms with Gasteiger partial charge in [0, 0.05) is 0 Å². The molecule has 2 aromatic heterocycles. The summed E-state index contributed by atoms with van der Waals surface area (Å²) in [5.41, 5.74) is 9.27. The Kier molecular flexibility index (Phi) is 4.41. The number of rotatable bonds is 6. The summed E-state index contributed by atoms with van der Waals surface area (Å²) in [6.07, 6.45) is 2.87. The lowest BCUT2D eigenvalue weighted by Crippen LogP contribution is -2.27. The fourth-order valence-corrected chi connectivity index (χ4v) is 2.10. The first kappa shape index (κ1) is 14.1. The highest BCUT2D eigenvalue weighted by atomic mass is 16.5. The van der Waals surface area contributed by atoms with E-state index in [1.54, 1.807) is 5.48 Å². The number of nitrogen functional groups attached to an aromatic ring is 1. The molecule has 0 saturated carbocycles. The van der Waals surface area contributed by atoms with Crippen molar-refractivity contribution >= 4 is 23.2 Å². The third-order valence-corrected chi connectivity index (χ3v) is 3.08. The minimum atomic E-state index is -0.517. The number of imidazole rings is 1. The van der Waals surface area contributed by atoms with Crippen molar-refractivity contribution in [3.8, 4) is 0 Å². The molecule has 2 rings (SSSR count). The Balaban J connectivity index is 2.36. The van der Waals surface area contributed by atoms with E-state index < -0.39 is 5.91 Å². The number of hydroxylamine groups is 1. The van der Waals surface area contributed by atoms with Gasteiger partial charge in [0.1, 0.15) is 17.3 Å². The second-order valence-electron chi connectivity index (χ2n) is 4.54. The van der Waals surface area contributed by atoms with Crippen LogP contribution in [0.3, 0.4) is 0 Å². The number of fused-ring (bicyclic) bond motifs is 1. The van der Waals surface area contributed by atoms with Crippen molar-refractivity contribution in [2.45, 2.75) is 26.2 Å². The fraction of sp³-hybridized carbons (Fsp3) is 0.385. The van der Waals surface area contributed by atoms with Crippen LogP contribution in [0.4, 0.5) is 11.6 Å². The van der Waals surface area contributed by atoms with E-state index in [2.05, 4.69) is 17.2 Å². The molecule has 0 bridgehead atoms. The number of hydrogen-bond acceptors (Lipinski definition) is 5. The fourth-order valence-electron chi connectivity index (χ4n) is 2.10. The largest absolute Gasteiger partial charge is 0.385 e. The van der Waals surface area contributed by atoms with Crippen LogP contribution in [0.5, 0.6) is 0 Å². The highest BCUT2D eigenvalue weighted by Crippen LogP contribution is 2.22. The number of carbonyl (C=O) groups is 1. The topological polar surface area (TPSA) is 105 Å². The molecular formula is C13H19N5O2. The minimum absolute atomic E-state index is 0.0423. The Morgan fingerprint density at radius 3 is 3.00 bits per heavy atom. The third kappa shape index (κ3) is 2.83. The molecule has 0 aliphatic rings. The number of unbranched alkanes of at least 4 members (excludes halogenated alkanes) is 1. The normalized spacial score (nSPS) is 10.7. The lowest BCUT2D eigenvalue weighted by Gasteiger charge is -2.07. The number of aromatic nitrogens is 2. The summed E-state index contributed by atoms with van der Waals surface area (Å²) < 4.78 is 1.88. The highest BCUT2D eigenvalue weighted by Gasteiger charge is 2.14. The maximum absolute atomic E-state index is 11.1. The molecule has 0 fully saturated rings. The average molecular weight is 277 g/mol. The van der Waals surface area contributed by atoms with Gasteiger partial charge in [-0.05, 0) is 25.0 Å². The molecule has 0 atom stereocenters. The zero-order valence-electron chi connectivity index (χ0n) is 11.4. The van der Waals surface area contributed by atoms with Gasteiger partial charge in [-0.3, -0.25) is 14.4 Å². The van der Waals surface area contributed by atoms with Crippen LogP contribution in [0, 0.1) is 0 Å². The number of nitrogens with one attached hydrogen (secondary N) is 2. The van der Waals surface area contributed by atoms with Crippen molar-refractivity contribution in [1.29, 1.82) is 0 Å². The van der Waals surface area contributed by atoms with E-state index in [1.807, 2.05) is 22.6 Å². The van der Waals surface area contributed by atoms with E-state index >= 15 is 0 Å². The Morgan fingerprint density at radius 1 is 1.50 bits per heavy atom. The average Bonchev–Trinajstić information content (AvgIpc) is 2.81. The summed E-state index contributed by atoms with van der Waals surface area (Å²) in [6, 6.07) is 5.52. The maximum Gasteiger partial charge on any atom is 0.262 e. The van der Waals surface area contributed by atoms with Gasteiger partial charge in [-0.15, -0.1) is 0 Å². The number of carbonyl (C=O) groups excluding carboxylic acids is 1. The smallest absolute Gasteiger partial charge is 0.262 e. The van der Waals surface area contributed by atoms with E-state index in [1.165, 1.54) is 0 Å². The van der Waals surface area contributed by atoms with Gasteiger partial charge in [-0.1, -0.05) is 19.4 Å². The minimum Gasteiger partial charge on any atom is -0.385 e. The van der Waals surface area contributed by atoms with Crippen molar-refractivity contribution in [1.82, 2.24) is 14.9 Å². The van der Waals surface area contributed by atoms with Gasteiger partial charge >= 0.3 is 0 Å². The molecule has 1 amide bonds. The number of anilines is 2. The summed E-state index contributed by atoms with van der Waals surface area (Å²) in [6.45, 7) is 2.07. The van der Waals surface area contributed by atoms with Gasteiger partial charge in [0.2, 0.25) is 0 Å². The molecule has 0 aliphatic carbocycles. The summed E-state index contributed by atoms with van der Waals surface area (Å²) in [7, 11) is 0. The number of nitrogens with zero attached hydrogens (tertiary/aromatic N) is 2.